The molecule has 33 heavy (non-hydrogen) atoms. The van der Waals surface area contributed by atoms with E-state index in [0.29, 0.717) is 25.1 Å². The molecule has 174 valence electrons. The Hall–Kier alpha value is -2.63. The molecule has 0 aliphatic carbocycles. The first-order valence-electron chi connectivity index (χ1n) is 12.3. The molecule has 3 aliphatic rings. The molecule has 0 spiro atoms. The quantitative estimate of drug-likeness (QED) is 0.747. The number of aryl methyl sites for hydroxylation is 1. The van der Waals surface area contributed by atoms with Crippen molar-refractivity contribution in [2.45, 2.75) is 51.1 Å². The lowest BCUT2D eigenvalue weighted by Gasteiger charge is -2.36. The maximum absolute atomic E-state index is 13.4. The van der Waals surface area contributed by atoms with Gasteiger partial charge in [0.25, 0.3) is 0 Å². The van der Waals surface area contributed by atoms with Crippen LogP contribution in [-0.4, -0.2) is 55.8 Å². The van der Waals surface area contributed by atoms with Crippen LogP contribution in [0.5, 0.6) is 5.75 Å². The van der Waals surface area contributed by atoms with E-state index < -0.39 is 0 Å². The summed E-state index contributed by atoms with van der Waals surface area (Å²) in [5, 5.41) is 3.79. The van der Waals surface area contributed by atoms with Crippen molar-refractivity contribution in [3.8, 4) is 16.9 Å². The molecule has 0 atom stereocenters. The summed E-state index contributed by atoms with van der Waals surface area (Å²) in [5.74, 6) is 1.02. The first kappa shape index (κ1) is 22.2. The van der Waals surface area contributed by atoms with Crippen LogP contribution in [0, 0.1) is 6.92 Å². The Morgan fingerprint density at radius 3 is 2.36 bits per heavy atom. The fraction of sp³-hybridized carbons (Fsp3) is 0.464. The molecule has 2 saturated heterocycles. The summed E-state index contributed by atoms with van der Waals surface area (Å²) in [5.41, 5.74) is 5.40. The zero-order valence-corrected chi connectivity index (χ0v) is 19.5. The summed E-state index contributed by atoms with van der Waals surface area (Å²) >= 11 is 0. The van der Waals surface area contributed by atoms with Crippen LogP contribution in [0.4, 0.5) is 0 Å². The van der Waals surface area contributed by atoms with E-state index in [-0.39, 0.29) is 5.91 Å². The standard InChI is InChI=1S/C28H34N2O3/c1-20-2-4-21(5-3-20)22-6-7-27-24(18-22)19-23(10-17-33-27)28(31)30-13-8-25(9-14-30)29-26-11-15-32-16-12-26/h2-7,18-19,25-26,29H,8-17H2,1H3. The van der Waals surface area contributed by atoms with Crippen LogP contribution >= 0.6 is 0 Å². The average molecular weight is 447 g/mol. The molecule has 0 bridgehead atoms. The number of amides is 1. The third-order valence-electron chi connectivity index (χ3n) is 7.10. The molecule has 2 aromatic carbocycles. The number of rotatable bonds is 4. The molecule has 0 aromatic heterocycles. The third-order valence-corrected chi connectivity index (χ3v) is 7.10. The summed E-state index contributed by atoms with van der Waals surface area (Å²) < 4.78 is 11.5. The second kappa shape index (κ2) is 10.1. The van der Waals surface area contributed by atoms with Crippen LogP contribution in [0.15, 0.2) is 48.0 Å². The van der Waals surface area contributed by atoms with Crippen LogP contribution in [0.1, 0.15) is 43.2 Å². The maximum Gasteiger partial charge on any atom is 0.249 e. The molecule has 0 unspecified atom stereocenters. The van der Waals surface area contributed by atoms with Gasteiger partial charge in [-0.1, -0.05) is 35.9 Å². The summed E-state index contributed by atoms with van der Waals surface area (Å²) in [7, 11) is 0. The molecule has 3 aliphatic heterocycles. The van der Waals surface area contributed by atoms with E-state index in [2.05, 4.69) is 54.7 Å². The maximum atomic E-state index is 13.4. The fourth-order valence-electron chi connectivity index (χ4n) is 5.07. The monoisotopic (exact) mass is 446 g/mol. The van der Waals surface area contributed by atoms with Gasteiger partial charge < -0.3 is 19.7 Å². The number of hydrogen-bond acceptors (Lipinski definition) is 4. The van der Waals surface area contributed by atoms with Crippen molar-refractivity contribution >= 4 is 12.0 Å². The van der Waals surface area contributed by atoms with E-state index >= 15 is 0 Å². The Kier molecular flexibility index (Phi) is 6.79. The molecule has 2 fully saturated rings. The molecular formula is C28H34N2O3. The van der Waals surface area contributed by atoms with E-state index in [1.54, 1.807) is 0 Å². The van der Waals surface area contributed by atoms with Crippen molar-refractivity contribution in [1.29, 1.82) is 0 Å². The van der Waals surface area contributed by atoms with E-state index in [9.17, 15) is 4.79 Å². The number of piperidine rings is 1. The predicted molar refractivity (Wildman–Crippen MR) is 131 cm³/mol. The van der Waals surface area contributed by atoms with Crippen LogP contribution in [0.25, 0.3) is 17.2 Å². The molecule has 5 nitrogen and oxygen atoms in total. The number of ether oxygens (including phenoxy) is 2. The van der Waals surface area contributed by atoms with Crippen molar-refractivity contribution in [3.63, 3.8) is 0 Å². The highest BCUT2D eigenvalue weighted by Crippen LogP contribution is 2.32. The van der Waals surface area contributed by atoms with Gasteiger partial charge in [0, 0.05) is 55.9 Å². The number of benzene rings is 2. The van der Waals surface area contributed by atoms with Gasteiger partial charge in [-0.15, -0.1) is 0 Å². The number of hydrogen-bond donors (Lipinski definition) is 1. The minimum absolute atomic E-state index is 0.164. The van der Waals surface area contributed by atoms with Crippen LogP contribution < -0.4 is 10.1 Å². The van der Waals surface area contributed by atoms with Crippen LogP contribution in [0.3, 0.4) is 0 Å². The molecule has 5 rings (SSSR count). The van der Waals surface area contributed by atoms with Crippen LogP contribution in [0.2, 0.25) is 0 Å². The SMILES string of the molecule is Cc1ccc(-c2ccc3c(c2)C=C(C(=O)N2CCC(NC4CCOCC4)CC2)CCO3)cc1. The Balaban J connectivity index is 1.26. The zero-order valence-electron chi connectivity index (χ0n) is 19.5. The molecule has 0 radical (unpaired) electrons. The van der Waals surface area contributed by atoms with Crippen molar-refractivity contribution in [2.24, 2.45) is 0 Å². The Morgan fingerprint density at radius 2 is 1.61 bits per heavy atom. The molecule has 1 amide bonds. The van der Waals surface area contributed by atoms with Crippen molar-refractivity contribution in [3.05, 3.63) is 59.2 Å². The summed E-state index contributed by atoms with van der Waals surface area (Å²) in [4.78, 5) is 15.4. The Labute approximate surface area is 196 Å². The first-order chi connectivity index (χ1) is 16.2. The van der Waals surface area contributed by atoms with Gasteiger partial charge in [0.2, 0.25) is 5.91 Å². The number of nitrogens with one attached hydrogen (secondary N) is 1. The number of nitrogens with zero attached hydrogens (tertiary/aromatic N) is 1. The van der Waals surface area contributed by atoms with Crippen molar-refractivity contribution < 1.29 is 14.3 Å². The van der Waals surface area contributed by atoms with Gasteiger partial charge in [-0.2, -0.15) is 0 Å². The summed E-state index contributed by atoms with van der Waals surface area (Å²) in [6, 6.07) is 15.9. The Bertz CT molecular complexity index is 1000. The van der Waals surface area contributed by atoms with Gasteiger partial charge in [0.1, 0.15) is 5.75 Å². The molecule has 1 N–H and O–H groups in total. The molecular weight excluding hydrogens is 412 g/mol. The lowest BCUT2D eigenvalue weighted by molar-refractivity contribution is -0.128. The number of fused-ring (bicyclic) bond motifs is 1. The number of carbonyl (C=O) groups excluding carboxylic acids is 1. The molecule has 3 heterocycles. The fourth-order valence-corrected chi connectivity index (χ4v) is 5.07. The minimum Gasteiger partial charge on any atom is -0.493 e. The van der Waals surface area contributed by atoms with Gasteiger partial charge >= 0.3 is 0 Å². The van der Waals surface area contributed by atoms with E-state index in [1.165, 1.54) is 11.1 Å². The number of carbonyl (C=O) groups is 1. The highest BCUT2D eigenvalue weighted by Gasteiger charge is 2.27. The summed E-state index contributed by atoms with van der Waals surface area (Å²) in [6.45, 7) is 5.98. The molecule has 2 aromatic rings. The van der Waals surface area contributed by atoms with Gasteiger partial charge in [-0.25, -0.2) is 0 Å². The predicted octanol–water partition coefficient (Wildman–Crippen LogP) is 4.59. The van der Waals surface area contributed by atoms with Gasteiger partial charge in [-0.3, -0.25) is 4.79 Å². The van der Waals surface area contributed by atoms with E-state index in [4.69, 9.17) is 9.47 Å². The van der Waals surface area contributed by atoms with Crippen molar-refractivity contribution in [1.82, 2.24) is 10.2 Å². The van der Waals surface area contributed by atoms with E-state index in [0.717, 1.165) is 74.4 Å². The number of likely N-dealkylation sites (tertiary alicyclic amines) is 1. The van der Waals surface area contributed by atoms with Gasteiger partial charge in [0.05, 0.1) is 6.61 Å². The summed E-state index contributed by atoms with van der Waals surface area (Å²) in [6.07, 6.45) is 6.91. The van der Waals surface area contributed by atoms with E-state index in [1.807, 2.05) is 11.0 Å². The van der Waals surface area contributed by atoms with Crippen molar-refractivity contribution in [2.75, 3.05) is 32.9 Å². The highest BCUT2D eigenvalue weighted by molar-refractivity contribution is 5.98. The second-order valence-corrected chi connectivity index (χ2v) is 9.51. The molecule has 5 heteroatoms. The third kappa shape index (κ3) is 5.31. The smallest absolute Gasteiger partial charge is 0.249 e. The topological polar surface area (TPSA) is 50.8 Å². The average Bonchev–Trinajstić information content (AvgIpc) is 3.07. The second-order valence-electron chi connectivity index (χ2n) is 9.51. The Morgan fingerprint density at radius 1 is 0.909 bits per heavy atom. The lowest BCUT2D eigenvalue weighted by Crippen LogP contribution is -2.49. The van der Waals surface area contributed by atoms with Gasteiger partial charge in [-0.05, 0) is 61.9 Å². The molecule has 0 saturated carbocycles. The highest BCUT2D eigenvalue weighted by atomic mass is 16.5. The lowest BCUT2D eigenvalue weighted by atomic mass is 9.98. The van der Waals surface area contributed by atoms with Gasteiger partial charge in [0.15, 0.2) is 0 Å². The largest absolute Gasteiger partial charge is 0.493 e. The first-order valence-corrected chi connectivity index (χ1v) is 12.3. The minimum atomic E-state index is 0.164. The zero-order chi connectivity index (χ0) is 22.6. The normalized spacial score (nSPS) is 19.9. The van der Waals surface area contributed by atoms with Crippen LogP contribution in [-0.2, 0) is 9.53 Å².